The fourth-order valence-corrected chi connectivity index (χ4v) is 3.39. The van der Waals surface area contributed by atoms with Crippen LogP contribution in [0.2, 0.25) is 0 Å². The quantitative estimate of drug-likeness (QED) is 0.800. The highest BCUT2D eigenvalue weighted by Crippen LogP contribution is 2.32. The summed E-state index contributed by atoms with van der Waals surface area (Å²) in [6, 6.07) is 8.86. The van der Waals surface area contributed by atoms with Gasteiger partial charge in [-0.1, -0.05) is 55.8 Å². The highest BCUT2D eigenvalue weighted by Gasteiger charge is 2.15. The number of halogens is 1. The predicted molar refractivity (Wildman–Crippen MR) is 91.3 cm³/mol. The maximum atomic E-state index is 4.85. The summed E-state index contributed by atoms with van der Waals surface area (Å²) in [7, 11) is 0. The molecule has 0 fully saturated rings. The second kappa shape index (κ2) is 6.83. The first-order valence-corrected chi connectivity index (χ1v) is 8.57. The zero-order valence-corrected chi connectivity index (χ0v) is 14.8. The molecule has 0 radical (unpaired) electrons. The SMILES string of the molecule is CC(C)NCc1sc(-c2ccc(Br)cc2)nc1C(C)C. The molecule has 0 spiro atoms. The van der Waals surface area contributed by atoms with Crippen LogP contribution in [0.25, 0.3) is 10.6 Å². The maximum Gasteiger partial charge on any atom is 0.123 e. The monoisotopic (exact) mass is 352 g/mol. The molecule has 1 heterocycles. The number of aromatic nitrogens is 1. The van der Waals surface area contributed by atoms with Gasteiger partial charge in [0.1, 0.15) is 5.01 Å². The van der Waals surface area contributed by atoms with E-state index in [-0.39, 0.29) is 0 Å². The molecule has 0 aliphatic heterocycles. The number of benzene rings is 1. The Labute approximate surface area is 133 Å². The highest BCUT2D eigenvalue weighted by molar-refractivity contribution is 9.10. The van der Waals surface area contributed by atoms with Crippen LogP contribution in [0.5, 0.6) is 0 Å². The minimum atomic E-state index is 0.458. The van der Waals surface area contributed by atoms with Gasteiger partial charge < -0.3 is 5.32 Å². The average molecular weight is 353 g/mol. The van der Waals surface area contributed by atoms with Crippen LogP contribution in [0.3, 0.4) is 0 Å². The maximum absolute atomic E-state index is 4.85. The van der Waals surface area contributed by atoms with Gasteiger partial charge in [-0.25, -0.2) is 4.98 Å². The van der Waals surface area contributed by atoms with E-state index in [0.717, 1.165) is 16.0 Å². The molecule has 0 unspecified atom stereocenters. The zero-order chi connectivity index (χ0) is 14.7. The normalized spacial score (nSPS) is 11.6. The molecular formula is C16H21BrN2S. The van der Waals surface area contributed by atoms with Crippen molar-refractivity contribution in [2.75, 3.05) is 0 Å². The van der Waals surface area contributed by atoms with Crippen molar-refractivity contribution in [1.29, 1.82) is 0 Å². The summed E-state index contributed by atoms with van der Waals surface area (Å²) in [6.07, 6.45) is 0. The van der Waals surface area contributed by atoms with Crippen LogP contribution in [0.15, 0.2) is 28.7 Å². The Balaban J connectivity index is 2.30. The van der Waals surface area contributed by atoms with Crippen molar-refractivity contribution in [3.8, 4) is 10.6 Å². The molecule has 108 valence electrons. The molecule has 1 N–H and O–H groups in total. The van der Waals surface area contributed by atoms with Crippen molar-refractivity contribution in [2.45, 2.75) is 46.2 Å². The third-order valence-corrected chi connectivity index (χ3v) is 4.69. The van der Waals surface area contributed by atoms with Crippen LogP contribution in [0.1, 0.15) is 44.2 Å². The lowest BCUT2D eigenvalue weighted by Gasteiger charge is -2.09. The van der Waals surface area contributed by atoms with Gasteiger partial charge in [-0.3, -0.25) is 0 Å². The molecule has 0 saturated heterocycles. The van der Waals surface area contributed by atoms with E-state index in [1.165, 1.54) is 16.1 Å². The van der Waals surface area contributed by atoms with Gasteiger partial charge in [0.25, 0.3) is 0 Å². The standard InChI is InChI=1S/C16H21BrN2S/c1-10(2)15-14(9-18-11(3)4)20-16(19-15)12-5-7-13(17)8-6-12/h5-8,10-11,18H,9H2,1-4H3. The van der Waals surface area contributed by atoms with E-state index in [0.29, 0.717) is 12.0 Å². The molecule has 1 aromatic heterocycles. The summed E-state index contributed by atoms with van der Waals surface area (Å²) in [5.41, 5.74) is 2.41. The molecule has 0 aliphatic carbocycles. The molecule has 20 heavy (non-hydrogen) atoms. The van der Waals surface area contributed by atoms with E-state index in [2.05, 4.69) is 73.2 Å². The summed E-state index contributed by atoms with van der Waals surface area (Å²) < 4.78 is 1.10. The van der Waals surface area contributed by atoms with Crippen molar-refractivity contribution in [1.82, 2.24) is 10.3 Å². The lowest BCUT2D eigenvalue weighted by atomic mass is 10.1. The summed E-state index contributed by atoms with van der Waals surface area (Å²) in [4.78, 5) is 6.20. The summed E-state index contributed by atoms with van der Waals surface area (Å²) in [5.74, 6) is 0.458. The van der Waals surface area contributed by atoms with Gasteiger partial charge in [0.2, 0.25) is 0 Å². The van der Waals surface area contributed by atoms with Crippen molar-refractivity contribution in [3.63, 3.8) is 0 Å². The number of thiazole rings is 1. The van der Waals surface area contributed by atoms with Crippen LogP contribution < -0.4 is 5.32 Å². The van der Waals surface area contributed by atoms with Crippen LogP contribution in [-0.2, 0) is 6.54 Å². The Hall–Kier alpha value is -0.710. The van der Waals surface area contributed by atoms with E-state index in [1.807, 2.05) is 0 Å². The summed E-state index contributed by atoms with van der Waals surface area (Å²) in [6.45, 7) is 9.66. The summed E-state index contributed by atoms with van der Waals surface area (Å²) in [5, 5.41) is 4.61. The van der Waals surface area contributed by atoms with E-state index in [9.17, 15) is 0 Å². The van der Waals surface area contributed by atoms with Crippen molar-refractivity contribution in [3.05, 3.63) is 39.3 Å². The Bertz CT molecular complexity index is 558. The van der Waals surface area contributed by atoms with E-state index in [1.54, 1.807) is 11.3 Å². The van der Waals surface area contributed by atoms with Gasteiger partial charge in [0, 0.05) is 27.5 Å². The third-order valence-electron chi connectivity index (χ3n) is 3.04. The Kier molecular flexibility index (Phi) is 5.35. The smallest absolute Gasteiger partial charge is 0.123 e. The van der Waals surface area contributed by atoms with Gasteiger partial charge in [0.15, 0.2) is 0 Å². The number of hydrogen-bond acceptors (Lipinski definition) is 3. The molecular weight excluding hydrogens is 332 g/mol. The first kappa shape index (κ1) is 15.7. The predicted octanol–water partition coefficient (Wildman–Crippen LogP) is 5.19. The lowest BCUT2D eigenvalue weighted by molar-refractivity contribution is 0.588. The first-order chi connectivity index (χ1) is 9.47. The topological polar surface area (TPSA) is 24.9 Å². The largest absolute Gasteiger partial charge is 0.310 e. The second-order valence-electron chi connectivity index (χ2n) is 5.52. The molecule has 2 rings (SSSR count). The van der Waals surface area contributed by atoms with E-state index in [4.69, 9.17) is 4.98 Å². The molecule has 0 amide bonds. The van der Waals surface area contributed by atoms with Crippen LogP contribution in [0, 0.1) is 0 Å². The Morgan fingerprint density at radius 3 is 2.35 bits per heavy atom. The molecule has 0 atom stereocenters. The molecule has 1 aromatic carbocycles. The van der Waals surface area contributed by atoms with Crippen LogP contribution in [-0.4, -0.2) is 11.0 Å². The minimum absolute atomic E-state index is 0.458. The van der Waals surface area contributed by atoms with E-state index < -0.39 is 0 Å². The fraction of sp³-hybridized carbons (Fsp3) is 0.438. The average Bonchev–Trinajstić information content (AvgIpc) is 2.81. The zero-order valence-electron chi connectivity index (χ0n) is 12.4. The minimum Gasteiger partial charge on any atom is -0.310 e. The fourth-order valence-electron chi connectivity index (χ4n) is 1.95. The van der Waals surface area contributed by atoms with Gasteiger partial charge in [-0.15, -0.1) is 11.3 Å². The van der Waals surface area contributed by atoms with Crippen molar-refractivity contribution >= 4 is 27.3 Å². The molecule has 0 aliphatic rings. The lowest BCUT2D eigenvalue weighted by Crippen LogP contribution is -2.22. The Morgan fingerprint density at radius 1 is 1.15 bits per heavy atom. The molecule has 4 heteroatoms. The van der Waals surface area contributed by atoms with Gasteiger partial charge in [-0.05, 0) is 18.1 Å². The van der Waals surface area contributed by atoms with Gasteiger partial charge in [-0.2, -0.15) is 0 Å². The number of hydrogen-bond donors (Lipinski definition) is 1. The molecule has 2 nitrogen and oxygen atoms in total. The highest BCUT2D eigenvalue weighted by atomic mass is 79.9. The van der Waals surface area contributed by atoms with Crippen LogP contribution in [0.4, 0.5) is 0 Å². The summed E-state index contributed by atoms with van der Waals surface area (Å²) >= 11 is 5.27. The molecule has 2 aromatic rings. The molecule has 0 bridgehead atoms. The first-order valence-electron chi connectivity index (χ1n) is 6.96. The third kappa shape index (κ3) is 3.90. The van der Waals surface area contributed by atoms with Crippen molar-refractivity contribution < 1.29 is 0 Å². The van der Waals surface area contributed by atoms with E-state index >= 15 is 0 Å². The second-order valence-corrected chi connectivity index (χ2v) is 7.52. The van der Waals surface area contributed by atoms with Crippen molar-refractivity contribution in [2.24, 2.45) is 0 Å². The van der Waals surface area contributed by atoms with Gasteiger partial charge in [0.05, 0.1) is 5.69 Å². The van der Waals surface area contributed by atoms with Crippen LogP contribution >= 0.6 is 27.3 Å². The number of nitrogens with one attached hydrogen (secondary N) is 1. The Morgan fingerprint density at radius 2 is 1.80 bits per heavy atom. The number of nitrogens with zero attached hydrogens (tertiary/aromatic N) is 1. The van der Waals surface area contributed by atoms with Gasteiger partial charge >= 0.3 is 0 Å². The molecule has 0 saturated carbocycles. The number of rotatable bonds is 5.